The summed E-state index contributed by atoms with van der Waals surface area (Å²) in [4.78, 5) is 0. The normalized spacial score (nSPS) is 12.7. The highest BCUT2D eigenvalue weighted by atomic mass is 15.0. The Morgan fingerprint density at radius 1 is 0.400 bits per heavy atom. The van der Waals surface area contributed by atoms with E-state index in [4.69, 9.17) is 0 Å². The van der Waals surface area contributed by atoms with Gasteiger partial charge < -0.3 is 8.80 Å². The Balaban J connectivity index is 1.98. The van der Waals surface area contributed by atoms with Gasteiger partial charge in [0.05, 0.1) is 33.1 Å². The molecule has 0 radical (unpaired) electrons. The fourth-order valence-electron chi connectivity index (χ4n) is 5.59. The van der Waals surface area contributed by atoms with Crippen molar-refractivity contribution >= 4 is 54.6 Å². The third-order valence-corrected chi connectivity index (χ3v) is 6.77. The van der Waals surface area contributed by atoms with Gasteiger partial charge in [0.2, 0.25) is 0 Å². The van der Waals surface area contributed by atoms with Crippen LogP contribution in [0, 0.1) is 27.7 Å². The first-order valence-corrected chi connectivity index (χ1v) is 10.6. The van der Waals surface area contributed by atoms with Gasteiger partial charge in [-0.2, -0.15) is 0 Å². The molecular formula is C28H22N2. The first-order valence-electron chi connectivity index (χ1n) is 10.6. The maximum absolute atomic E-state index is 2.51. The van der Waals surface area contributed by atoms with E-state index in [0.717, 1.165) is 0 Å². The van der Waals surface area contributed by atoms with Crippen LogP contribution in [0.2, 0.25) is 0 Å². The number of rotatable bonds is 0. The van der Waals surface area contributed by atoms with Crippen LogP contribution in [0.15, 0.2) is 60.7 Å². The average Bonchev–Trinajstić information content (AvgIpc) is 3.19. The lowest BCUT2D eigenvalue weighted by molar-refractivity contribution is 1.24. The van der Waals surface area contributed by atoms with Crippen molar-refractivity contribution in [2.45, 2.75) is 27.7 Å². The minimum atomic E-state index is 1.29. The van der Waals surface area contributed by atoms with Gasteiger partial charge in [0.15, 0.2) is 0 Å². The minimum Gasteiger partial charge on any atom is -0.305 e. The molecule has 0 aliphatic carbocycles. The van der Waals surface area contributed by atoms with Crippen molar-refractivity contribution in [3.8, 4) is 0 Å². The van der Waals surface area contributed by atoms with Gasteiger partial charge in [0, 0.05) is 21.5 Å². The van der Waals surface area contributed by atoms with E-state index >= 15 is 0 Å². The summed E-state index contributed by atoms with van der Waals surface area (Å²) < 4.78 is 5.01. The van der Waals surface area contributed by atoms with Crippen molar-refractivity contribution in [3.05, 3.63) is 82.9 Å². The van der Waals surface area contributed by atoms with E-state index in [0.29, 0.717) is 0 Å². The van der Waals surface area contributed by atoms with E-state index in [1.165, 1.54) is 76.9 Å². The van der Waals surface area contributed by atoms with E-state index < -0.39 is 0 Å². The van der Waals surface area contributed by atoms with Crippen molar-refractivity contribution in [2.75, 3.05) is 0 Å². The Morgan fingerprint density at radius 2 is 0.800 bits per heavy atom. The van der Waals surface area contributed by atoms with Gasteiger partial charge in [-0.1, -0.05) is 24.3 Å². The molecule has 2 nitrogen and oxygen atoms in total. The Bertz CT molecular complexity index is 1690. The molecule has 0 aliphatic rings. The molecule has 0 bridgehead atoms. The fraction of sp³-hybridized carbons (Fsp3) is 0.143. The fourth-order valence-corrected chi connectivity index (χ4v) is 5.59. The maximum atomic E-state index is 2.51. The van der Waals surface area contributed by atoms with Crippen LogP contribution in [0.4, 0.5) is 0 Å². The summed E-state index contributed by atoms with van der Waals surface area (Å²) in [6.07, 6.45) is 0. The second-order valence-corrected chi connectivity index (χ2v) is 9.07. The molecule has 2 heteroatoms. The highest BCUT2D eigenvalue weighted by Crippen LogP contribution is 2.41. The summed E-state index contributed by atoms with van der Waals surface area (Å²) in [5, 5.41) is 5.35. The number of benzene rings is 4. The summed E-state index contributed by atoms with van der Waals surface area (Å²) in [5.41, 5.74) is 13.0. The summed E-state index contributed by atoms with van der Waals surface area (Å²) in [6.45, 7) is 8.80. The lowest BCUT2D eigenvalue weighted by atomic mass is 10.1. The molecule has 144 valence electrons. The molecule has 0 amide bonds. The second-order valence-electron chi connectivity index (χ2n) is 9.07. The SMILES string of the molecule is Cc1ccc2c3cc(C)cc4c3n(c2c1)c1cc(C)cc2c3ccc(C)cc3n4c21. The molecule has 7 rings (SSSR count). The predicted octanol–water partition coefficient (Wildman–Crippen LogP) is 7.48. The summed E-state index contributed by atoms with van der Waals surface area (Å²) in [6, 6.07) is 23.1. The van der Waals surface area contributed by atoms with E-state index in [1.54, 1.807) is 0 Å². The molecule has 0 fully saturated rings. The van der Waals surface area contributed by atoms with Crippen molar-refractivity contribution in [1.29, 1.82) is 0 Å². The standard InChI is InChI=1S/C28H22N2/c1-15-5-7-19-21-9-17(3)14-26-27(21)29(23(19)11-15)25-13-18(4)10-22-20-8-6-16(2)12-24(20)30(26)28(22)25/h5-14H,1-4H3. The van der Waals surface area contributed by atoms with Crippen molar-refractivity contribution < 1.29 is 0 Å². The Hall–Kier alpha value is -3.52. The summed E-state index contributed by atoms with van der Waals surface area (Å²) in [7, 11) is 0. The quantitative estimate of drug-likeness (QED) is 0.239. The molecule has 3 aromatic heterocycles. The first-order chi connectivity index (χ1) is 14.5. The van der Waals surface area contributed by atoms with Gasteiger partial charge >= 0.3 is 0 Å². The zero-order chi connectivity index (χ0) is 20.3. The molecule has 0 saturated heterocycles. The molecule has 30 heavy (non-hydrogen) atoms. The number of aromatic nitrogens is 2. The lowest BCUT2D eigenvalue weighted by Crippen LogP contribution is -1.98. The molecule has 7 aromatic rings. The molecule has 0 saturated carbocycles. The zero-order valence-corrected chi connectivity index (χ0v) is 17.7. The van der Waals surface area contributed by atoms with Crippen LogP contribution in [0.1, 0.15) is 22.3 Å². The largest absolute Gasteiger partial charge is 0.305 e. The topological polar surface area (TPSA) is 8.82 Å². The van der Waals surface area contributed by atoms with E-state index in [2.05, 4.69) is 97.2 Å². The van der Waals surface area contributed by atoms with Crippen LogP contribution in [0.5, 0.6) is 0 Å². The monoisotopic (exact) mass is 386 g/mol. The van der Waals surface area contributed by atoms with Crippen LogP contribution in [0.25, 0.3) is 54.6 Å². The van der Waals surface area contributed by atoms with E-state index in [-0.39, 0.29) is 0 Å². The maximum Gasteiger partial charge on any atom is 0.0783 e. The van der Waals surface area contributed by atoms with Crippen LogP contribution in [-0.4, -0.2) is 8.80 Å². The molecular weight excluding hydrogens is 364 g/mol. The van der Waals surface area contributed by atoms with Gasteiger partial charge in [0.1, 0.15) is 0 Å². The number of aryl methyl sites for hydroxylation is 4. The number of hydrogen-bond acceptors (Lipinski definition) is 0. The highest BCUT2D eigenvalue weighted by molar-refractivity contribution is 6.22. The van der Waals surface area contributed by atoms with Gasteiger partial charge in [-0.05, 0) is 86.3 Å². The Kier molecular flexibility index (Phi) is 2.79. The third kappa shape index (κ3) is 1.80. The van der Waals surface area contributed by atoms with Crippen molar-refractivity contribution in [3.63, 3.8) is 0 Å². The smallest absolute Gasteiger partial charge is 0.0783 e. The third-order valence-electron chi connectivity index (χ3n) is 6.77. The molecule has 0 unspecified atom stereocenters. The van der Waals surface area contributed by atoms with Gasteiger partial charge in [-0.25, -0.2) is 0 Å². The molecule has 0 spiro atoms. The van der Waals surface area contributed by atoms with Crippen LogP contribution in [-0.2, 0) is 0 Å². The minimum absolute atomic E-state index is 1.29. The first kappa shape index (κ1) is 16.3. The van der Waals surface area contributed by atoms with Crippen LogP contribution >= 0.6 is 0 Å². The second kappa shape index (κ2) is 5.14. The molecule has 0 aliphatic heterocycles. The van der Waals surface area contributed by atoms with Gasteiger partial charge in [-0.15, -0.1) is 0 Å². The average molecular weight is 386 g/mol. The van der Waals surface area contributed by atoms with E-state index in [1.807, 2.05) is 0 Å². The Labute approximate surface area is 174 Å². The molecule has 0 atom stereocenters. The number of fused-ring (bicyclic) bond motifs is 8. The highest BCUT2D eigenvalue weighted by Gasteiger charge is 2.21. The van der Waals surface area contributed by atoms with Crippen molar-refractivity contribution in [2.24, 2.45) is 0 Å². The summed E-state index contributed by atoms with van der Waals surface area (Å²) in [5.74, 6) is 0. The van der Waals surface area contributed by atoms with Gasteiger partial charge in [-0.3, -0.25) is 0 Å². The van der Waals surface area contributed by atoms with Gasteiger partial charge in [0.25, 0.3) is 0 Å². The molecule has 3 heterocycles. The molecule has 0 N–H and O–H groups in total. The van der Waals surface area contributed by atoms with E-state index in [9.17, 15) is 0 Å². The lowest BCUT2D eigenvalue weighted by Gasteiger charge is -2.13. The Morgan fingerprint density at radius 3 is 1.23 bits per heavy atom. The summed E-state index contributed by atoms with van der Waals surface area (Å²) >= 11 is 0. The predicted molar refractivity (Wildman–Crippen MR) is 129 cm³/mol. The van der Waals surface area contributed by atoms with Crippen molar-refractivity contribution in [1.82, 2.24) is 8.80 Å². The number of nitrogens with zero attached hydrogens (tertiary/aromatic N) is 2. The van der Waals surface area contributed by atoms with Crippen LogP contribution < -0.4 is 0 Å². The zero-order valence-electron chi connectivity index (χ0n) is 17.7. The van der Waals surface area contributed by atoms with Crippen LogP contribution in [0.3, 0.4) is 0 Å². The molecule has 4 aromatic carbocycles. The number of hydrogen-bond donors (Lipinski definition) is 0.